The molecule has 27 heavy (non-hydrogen) atoms. The number of hydrogen-bond acceptors (Lipinski definition) is 6. The molecule has 1 aliphatic rings. The lowest BCUT2D eigenvalue weighted by molar-refractivity contribution is -0.148. The first kappa shape index (κ1) is 22.8. The Hall–Kier alpha value is -2.20. The molecule has 0 radical (unpaired) electrons. The van der Waals surface area contributed by atoms with E-state index in [4.69, 9.17) is 10.8 Å². The van der Waals surface area contributed by atoms with Crippen LogP contribution < -0.4 is 16.4 Å². The second-order valence-corrected chi connectivity index (χ2v) is 7.26. The van der Waals surface area contributed by atoms with Crippen molar-refractivity contribution in [2.24, 2.45) is 11.7 Å². The summed E-state index contributed by atoms with van der Waals surface area (Å²) >= 11 is 0. The third-order valence-electron chi connectivity index (χ3n) is 4.40. The minimum Gasteiger partial charge on any atom is -0.480 e. The molecule has 1 heterocycles. The van der Waals surface area contributed by atoms with Gasteiger partial charge in [-0.15, -0.1) is 0 Å². The van der Waals surface area contributed by atoms with Crippen molar-refractivity contribution in [2.75, 3.05) is 13.1 Å². The van der Waals surface area contributed by atoms with Crippen LogP contribution >= 0.6 is 0 Å². The lowest BCUT2D eigenvalue weighted by Gasteiger charge is -2.25. The first-order valence-electron chi connectivity index (χ1n) is 9.08. The standard InChI is InChI=1S/C17H30N4O6/c1-9(2)7-11(18)15(24)20-14(10(3)22)16(25)19-8-13(23)21-6-4-5-12(21)17(26)27/h9-12,14,22H,4-8,18H2,1-3H3,(H,19,25)(H,20,24)(H,26,27)/t10-,11+,12+,14+/m1/s1. The Morgan fingerprint density at radius 2 is 1.81 bits per heavy atom. The van der Waals surface area contributed by atoms with Crippen LogP contribution in [-0.2, 0) is 19.2 Å². The summed E-state index contributed by atoms with van der Waals surface area (Å²) in [6, 6.07) is -2.98. The summed E-state index contributed by atoms with van der Waals surface area (Å²) in [6.07, 6.45) is 0.171. The molecule has 154 valence electrons. The van der Waals surface area contributed by atoms with Gasteiger partial charge < -0.3 is 31.5 Å². The van der Waals surface area contributed by atoms with E-state index in [1.54, 1.807) is 0 Å². The number of nitrogens with one attached hydrogen (secondary N) is 2. The van der Waals surface area contributed by atoms with Gasteiger partial charge in [-0.3, -0.25) is 14.4 Å². The number of aliphatic hydroxyl groups is 1. The number of hydrogen-bond donors (Lipinski definition) is 5. The molecule has 6 N–H and O–H groups in total. The van der Waals surface area contributed by atoms with Crippen LogP contribution in [0.4, 0.5) is 0 Å². The summed E-state index contributed by atoms with van der Waals surface area (Å²) < 4.78 is 0. The number of nitrogens with two attached hydrogens (primary N) is 1. The Morgan fingerprint density at radius 3 is 2.33 bits per heavy atom. The molecule has 10 nitrogen and oxygen atoms in total. The predicted molar refractivity (Wildman–Crippen MR) is 96.4 cm³/mol. The van der Waals surface area contributed by atoms with Gasteiger partial charge in [-0.05, 0) is 32.1 Å². The van der Waals surface area contributed by atoms with E-state index >= 15 is 0 Å². The van der Waals surface area contributed by atoms with Crippen molar-refractivity contribution in [1.29, 1.82) is 0 Å². The van der Waals surface area contributed by atoms with Crippen LogP contribution in [-0.4, -0.2) is 76.1 Å². The first-order chi connectivity index (χ1) is 12.5. The largest absolute Gasteiger partial charge is 0.480 e. The highest BCUT2D eigenvalue weighted by Gasteiger charge is 2.34. The van der Waals surface area contributed by atoms with Gasteiger partial charge in [0.05, 0.1) is 18.7 Å². The number of carbonyl (C=O) groups is 4. The predicted octanol–water partition coefficient (Wildman–Crippen LogP) is -1.58. The van der Waals surface area contributed by atoms with Gasteiger partial charge in [-0.2, -0.15) is 0 Å². The minimum absolute atomic E-state index is 0.185. The van der Waals surface area contributed by atoms with Crippen LogP contribution in [0.25, 0.3) is 0 Å². The van der Waals surface area contributed by atoms with Gasteiger partial charge in [0.15, 0.2) is 0 Å². The van der Waals surface area contributed by atoms with Gasteiger partial charge in [0.1, 0.15) is 12.1 Å². The molecule has 1 saturated heterocycles. The number of aliphatic carboxylic acids is 1. The maximum atomic E-state index is 12.3. The van der Waals surface area contributed by atoms with Crippen molar-refractivity contribution < 1.29 is 29.4 Å². The van der Waals surface area contributed by atoms with Gasteiger partial charge in [0, 0.05) is 6.54 Å². The normalized spacial score (nSPS) is 20.1. The van der Waals surface area contributed by atoms with Crippen molar-refractivity contribution in [3.63, 3.8) is 0 Å². The smallest absolute Gasteiger partial charge is 0.326 e. The van der Waals surface area contributed by atoms with Crippen LogP contribution in [0.2, 0.25) is 0 Å². The van der Waals surface area contributed by atoms with Crippen molar-refractivity contribution in [1.82, 2.24) is 15.5 Å². The molecule has 0 unspecified atom stereocenters. The molecule has 0 spiro atoms. The molecule has 0 saturated carbocycles. The highest BCUT2D eigenvalue weighted by molar-refractivity contribution is 5.93. The van der Waals surface area contributed by atoms with Crippen molar-refractivity contribution >= 4 is 23.7 Å². The van der Waals surface area contributed by atoms with Crippen molar-refractivity contribution in [3.05, 3.63) is 0 Å². The summed E-state index contributed by atoms with van der Waals surface area (Å²) in [5, 5.41) is 23.7. The quantitative estimate of drug-likeness (QED) is 0.319. The van der Waals surface area contributed by atoms with E-state index in [2.05, 4.69) is 10.6 Å². The van der Waals surface area contributed by atoms with E-state index in [1.807, 2.05) is 13.8 Å². The van der Waals surface area contributed by atoms with Crippen molar-refractivity contribution in [3.8, 4) is 0 Å². The molecule has 0 aromatic rings. The number of carboxylic acids is 1. The molecule has 1 fully saturated rings. The average Bonchev–Trinajstić information content (AvgIpc) is 3.06. The number of rotatable bonds is 9. The highest BCUT2D eigenvalue weighted by Crippen LogP contribution is 2.17. The van der Waals surface area contributed by atoms with E-state index < -0.39 is 54.5 Å². The van der Waals surface area contributed by atoms with Gasteiger partial charge in [0.2, 0.25) is 17.7 Å². The van der Waals surface area contributed by atoms with E-state index in [1.165, 1.54) is 11.8 Å². The zero-order valence-corrected chi connectivity index (χ0v) is 16.0. The summed E-state index contributed by atoms with van der Waals surface area (Å²) in [7, 11) is 0. The van der Waals surface area contributed by atoms with E-state index in [-0.39, 0.29) is 5.92 Å². The van der Waals surface area contributed by atoms with Crippen LogP contribution in [0.5, 0.6) is 0 Å². The van der Waals surface area contributed by atoms with E-state index in [9.17, 15) is 24.3 Å². The van der Waals surface area contributed by atoms with Gasteiger partial charge >= 0.3 is 5.97 Å². The lowest BCUT2D eigenvalue weighted by atomic mass is 10.0. The zero-order chi connectivity index (χ0) is 20.7. The summed E-state index contributed by atoms with van der Waals surface area (Å²) in [5.74, 6) is -2.73. The van der Waals surface area contributed by atoms with Crippen LogP contribution in [0, 0.1) is 5.92 Å². The second kappa shape index (κ2) is 10.2. The molecule has 0 aromatic heterocycles. The van der Waals surface area contributed by atoms with Gasteiger partial charge in [-0.1, -0.05) is 13.8 Å². The van der Waals surface area contributed by atoms with E-state index in [0.29, 0.717) is 25.8 Å². The van der Waals surface area contributed by atoms with Crippen molar-refractivity contribution in [2.45, 2.75) is 64.3 Å². The fourth-order valence-electron chi connectivity index (χ4n) is 2.98. The number of carbonyl (C=O) groups excluding carboxylic acids is 3. The number of aliphatic hydroxyl groups excluding tert-OH is 1. The fourth-order valence-corrected chi connectivity index (χ4v) is 2.98. The molecule has 0 bridgehead atoms. The van der Waals surface area contributed by atoms with Gasteiger partial charge in [-0.25, -0.2) is 4.79 Å². The average molecular weight is 386 g/mol. The maximum absolute atomic E-state index is 12.3. The van der Waals surface area contributed by atoms with Crippen LogP contribution in [0.15, 0.2) is 0 Å². The molecular weight excluding hydrogens is 356 g/mol. The van der Waals surface area contributed by atoms with E-state index in [0.717, 1.165) is 0 Å². The zero-order valence-electron chi connectivity index (χ0n) is 16.0. The highest BCUT2D eigenvalue weighted by atomic mass is 16.4. The molecule has 1 rings (SSSR count). The Morgan fingerprint density at radius 1 is 1.19 bits per heavy atom. The Kier molecular flexibility index (Phi) is 8.64. The maximum Gasteiger partial charge on any atom is 0.326 e. The fraction of sp³-hybridized carbons (Fsp3) is 0.765. The summed E-state index contributed by atoms with van der Waals surface area (Å²) in [5.41, 5.74) is 5.77. The van der Waals surface area contributed by atoms with Crippen LogP contribution in [0.3, 0.4) is 0 Å². The number of amides is 3. The molecule has 0 aliphatic carbocycles. The third kappa shape index (κ3) is 6.79. The molecule has 0 aromatic carbocycles. The monoisotopic (exact) mass is 386 g/mol. The summed E-state index contributed by atoms with van der Waals surface area (Å²) in [4.78, 5) is 48.9. The van der Waals surface area contributed by atoms with Gasteiger partial charge in [0.25, 0.3) is 0 Å². The second-order valence-electron chi connectivity index (χ2n) is 7.26. The third-order valence-corrected chi connectivity index (χ3v) is 4.40. The molecular formula is C17H30N4O6. The SMILES string of the molecule is CC(C)C[C@H](N)C(=O)N[C@H](C(=O)NCC(=O)N1CCC[C@H]1C(=O)O)[C@@H](C)O. The summed E-state index contributed by atoms with van der Waals surface area (Å²) in [6.45, 7) is 5.04. The topological polar surface area (TPSA) is 162 Å². The van der Waals surface area contributed by atoms with Crippen LogP contribution in [0.1, 0.15) is 40.0 Å². The minimum atomic E-state index is -1.27. The Balaban J connectivity index is 2.61. The number of likely N-dealkylation sites (tertiary alicyclic amines) is 1. The molecule has 3 amide bonds. The Bertz CT molecular complexity index is 566. The molecule has 10 heteroatoms. The first-order valence-corrected chi connectivity index (χ1v) is 9.08. The number of nitrogens with zero attached hydrogens (tertiary/aromatic N) is 1. The molecule has 4 atom stereocenters. The Labute approximate surface area is 158 Å². The molecule has 1 aliphatic heterocycles. The lowest BCUT2D eigenvalue weighted by Crippen LogP contribution is -2.57. The number of carboxylic acid groups (broad SMARTS) is 1.